The SMILES string of the molecule is O=C(O)C1CCCC1n1ncc2ccccc21. The minimum atomic E-state index is -0.702. The van der Waals surface area contributed by atoms with E-state index < -0.39 is 5.97 Å². The molecule has 1 aromatic carbocycles. The van der Waals surface area contributed by atoms with Crippen LogP contribution in [0.5, 0.6) is 0 Å². The number of rotatable bonds is 2. The van der Waals surface area contributed by atoms with E-state index in [-0.39, 0.29) is 12.0 Å². The van der Waals surface area contributed by atoms with Crippen LogP contribution in [0, 0.1) is 5.92 Å². The Hall–Kier alpha value is -1.84. The van der Waals surface area contributed by atoms with E-state index in [0.717, 1.165) is 30.2 Å². The predicted molar refractivity (Wildman–Crippen MR) is 63.7 cm³/mol. The molecule has 2 unspecified atom stereocenters. The molecule has 4 nitrogen and oxygen atoms in total. The average molecular weight is 230 g/mol. The highest BCUT2D eigenvalue weighted by molar-refractivity contribution is 5.79. The van der Waals surface area contributed by atoms with Gasteiger partial charge in [-0.1, -0.05) is 24.6 Å². The quantitative estimate of drug-likeness (QED) is 0.862. The van der Waals surface area contributed by atoms with Crippen LogP contribution >= 0.6 is 0 Å². The summed E-state index contributed by atoms with van der Waals surface area (Å²) in [6.07, 6.45) is 4.44. The number of carboxylic acid groups (broad SMARTS) is 1. The summed E-state index contributed by atoms with van der Waals surface area (Å²) in [4.78, 5) is 11.2. The molecule has 0 amide bonds. The lowest BCUT2D eigenvalue weighted by Crippen LogP contribution is -2.22. The zero-order chi connectivity index (χ0) is 11.8. The van der Waals surface area contributed by atoms with Crippen LogP contribution in [0.3, 0.4) is 0 Å². The van der Waals surface area contributed by atoms with E-state index in [0.29, 0.717) is 0 Å². The third-order valence-electron chi connectivity index (χ3n) is 3.62. The van der Waals surface area contributed by atoms with Crippen molar-refractivity contribution in [1.82, 2.24) is 9.78 Å². The Morgan fingerprint density at radius 2 is 2.18 bits per heavy atom. The van der Waals surface area contributed by atoms with Crippen LogP contribution in [0.25, 0.3) is 10.9 Å². The van der Waals surface area contributed by atoms with Gasteiger partial charge >= 0.3 is 5.97 Å². The second-order valence-corrected chi connectivity index (χ2v) is 4.59. The van der Waals surface area contributed by atoms with Gasteiger partial charge in [-0.2, -0.15) is 5.10 Å². The lowest BCUT2D eigenvalue weighted by Gasteiger charge is -2.17. The average Bonchev–Trinajstić information content (AvgIpc) is 2.94. The first-order valence-corrected chi connectivity index (χ1v) is 5.92. The van der Waals surface area contributed by atoms with Crippen molar-refractivity contribution < 1.29 is 9.90 Å². The summed E-state index contributed by atoms with van der Waals surface area (Å²) in [5, 5.41) is 14.6. The van der Waals surface area contributed by atoms with Crippen molar-refractivity contribution in [2.75, 3.05) is 0 Å². The predicted octanol–water partition coefficient (Wildman–Crippen LogP) is 2.46. The summed E-state index contributed by atoms with van der Waals surface area (Å²) in [5.74, 6) is -0.995. The number of hydrogen-bond acceptors (Lipinski definition) is 2. The minimum absolute atomic E-state index is 0.00685. The molecule has 17 heavy (non-hydrogen) atoms. The van der Waals surface area contributed by atoms with Gasteiger partial charge in [0.1, 0.15) is 0 Å². The lowest BCUT2D eigenvalue weighted by atomic mass is 10.0. The Labute approximate surface area is 98.9 Å². The number of fused-ring (bicyclic) bond motifs is 1. The highest BCUT2D eigenvalue weighted by atomic mass is 16.4. The van der Waals surface area contributed by atoms with Gasteiger partial charge in [0.25, 0.3) is 0 Å². The summed E-state index contributed by atoms with van der Waals surface area (Å²) in [6.45, 7) is 0. The van der Waals surface area contributed by atoms with E-state index in [1.54, 1.807) is 0 Å². The third kappa shape index (κ3) is 1.60. The molecule has 3 rings (SSSR count). The van der Waals surface area contributed by atoms with Crippen LogP contribution in [-0.4, -0.2) is 20.9 Å². The number of aliphatic carboxylic acids is 1. The molecule has 0 bridgehead atoms. The normalized spacial score (nSPS) is 24.2. The molecule has 1 heterocycles. The maximum Gasteiger partial charge on any atom is 0.308 e. The zero-order valence-electron chi connectivity index (χ0n) is 9.41. The molecule has 0 spiro atoms. The largest absolute Gasteiger partial charge is 0.481 e. The maximum absolute atomic E-state index is 11.2. The van der Waals surface area contributed by atoms with Gasteiger partial charge < -0.3 is 5.11 Å². The molecule has 2 aromatic rings. The number of para-hydroxylation sites is 1. The third-order valence-corrected chi connectivity index (χ3v) is 3.62. The van der Waals surface area contributed by atoms with Crippen LogP contribution in [0.4, 0.5) is 0 Å². The Bertz CT molecular complexity index is 561. The topological polar surface area (TPSA) is 55.1 Å². The molecule has 0 saturated heterocycles. The first-order valence-electron chi connectivity index (χ1n) is 5.92. The molecule has 1 fully saturated rings. The van der Waals surface area contributed by atoms with Crippen molar-refractivity contribution in [3.05, 3.63) is 30.5 Å². The van der Waals surface area contributed by atoms with Crippen molar-refractivity contribution in [3.63, 3.8) is 0 Å². The second kappa shape index (κ2) is 3.87. The first kappa shape index (κ1) is 10.3. The number of nitrogens with zero attached hydrogens (tertiary/aromatic N) is 2. The molecule has 4 heteroatoms. The fourth-order valence-electron chi connectivity index (χ4n) is 2.78. The van der Waals surface area contributed by atoms with E-state index >= 15 is 0 Å². The van der Waals surface area contributed by atoms with Gasteiger partial charge in [-0.3, -0.25) is 9.48 Å². The molecule has 1 aliphatic rings. The number of aromatic nitrogens is 2. The van der Waals surface area contributed by atoms with Gasteiger partial charge in [-0.25, -0.2) is 0 Å². The first-order chi connectivity index (χ1) is 8.27. The smallest absolute Gasteiger partial charge is 0.308 e. The van der Waals surface area contributed by atoms with Crippen LogP contribution in [-0.2, 0) is 4.79 Å². The van der Waals surface area contributed by atoms with Gasteiger partial charge in [0.2, 0.25) is 0 Å². The van der Waals surface area contributed by atoms with E-state index in [1.165, 1.54) is 0 Å². The molecule has 1 N–H and O–H groups in total. The maximum atomic E-state index is 11.2. The molecule has 2 atom stereocenters. The van der Waals surface area contributed by atoms with Crippen LogP contribution in [0.2, 0.25) is 0 Å². The number of carboxylic acids is 1. The number of hydrogen-bond donors (Lipinski definition) is 1. The van der Waals surface area contributed by atoms with Crippen LogP contribution < -0.4 is 0 Å². The molecule has 88 valence electrons. The summed E-state index contributed by atoms with van der Waals surface area (Å²) < 4.78 is 1.89. The highest BCUT2D eigenvalue weighted by Crippen LogP contribution is 2.37. The fourth-order valence-corrected chi connectivity index (χ4v) is 2.78. The second-order valence-electron chi connectivity index (χ2n) is 4.59. The van der Waals surface area contributed by atoms with Gasteiger partial charge in [0, 0.05) is 5.39 Å². The van der Waals surface area contributed by atoms with E-state index in [2.05, 4.69) is 5.10 Å². The lowest BCUT2D eigenvalue weighted by molar-refractivity contribution is -0.142. The summed E-state index contributed by atoms with van der Waals surface area (Å²) in [5.41, 5.74) is 1.03. The molecule has 1 saturated carbocycles. The number of carbonyl (C=O) groups is 1. The van der Waals surface area contributed by atoms with Gasteiger partial charge in [-0.05, 0) is 18.9 Å². The Kier molecular flexibility index (Phi) is 2.35. The minimum Gasteiger partial charge on any atom is -0.481 e. The fraction of sp³-hybridized carbons (Fsp3) is 0.385. The van der Waals surface area contributed by atoms with Gasteiger partial charge in [-0.15, -0.1) is 0 Å². The van der Waals surface area contributed by atoms with E-state index in [4.69, 9.17) is 0 Å². The van der Waals surface area contributed by atoms with Crippen molar-refractivity contribution in [1.29, 1.82) is 0 Å². The van der Waals surface area contributed by atoms with Crippen molar-refractivity contribution in [2.24, 2.45) is 5.92 Å². The Morgan fingerprint density at radius 3 is 3.00 bits per heavy atom. The monoisotopic (exact) mass is 230 g/mol. The highest BCUT2D eigenvalue weighted by Gasteiger charge is 2.35. The Morgan fingerprint density at radius 1 is 1.35 bits per heavy atom. The van der Waals surface area contributed by atoms with Gasteiger partial charge in [0.05, 0.1) is 23.7 Å². The van der Waals surface area contributed by atoms with Gasteiger partial charge in [0.15, 0.2) is 0 Å². The Balaban J connectivity index is 2.06. The van der Waals surface area contributed by atoms with Crippen LogP contribution in [0.1, 0.15) is 25.3 Å². The van der Waals surface area contributed by atoms with Crippen molar-refractivity contribution in [2.45, 2.75) is 25.3 Å². The van der Waals surface area contributed by atoms with E-state index in [9.17, 15) is 9.90 Å². The summed E-state index contributed by atoms with van der Waals surface area (Å²) in [6, 6.07) is 7.94. The molecule has 1 aliphatic carbocycles. The van der Waals surface area contributed by atoms with Crippen LogP contribution in [0.15, 0.2) is 30.5 Å². The zero-order valence-corrected chi connectivity index (χ0v) is 9.41. The molecule has 0 aliphatic heterocycles. The molecule has 1 aromatic heterocycles. The summed E-state index contributed by atoms with van der Waals surface area (Å²) in [7, 11) is 0. The van der Waals surface area contributed by atoms with E-state index in [1.807, 2.05) is 35.1 Å². The summed E-state index contributed by atoms with van der Waals surface area (Å²) >= 11 is 0. The van der Waals surface area contributed by atoms with Crippen molar-refractivity contribution >= 4 is 16.9 Å². The molecular formula is C13H14N2O2. The number of benzene rings is 1. The molecule has 0 radical (unpaired) electrons. The molecular weight excluding hydrogens is 216 g/mol. The van der Waals surface area contributed by atoms with Crippen molar-refractivity contribution in [3.8, 4) is 0 Å². The standard InChI is InChI=1S/C13H14N2O2/c16-13(17)10-5-3-7-12(10)15-11-6-2-1-4-9(11)8-14-15/h1-2,4,6,8,10,12H,3,5,7H2,(H,16,17).